The zero-order valence-electron chi connectivity index (χ0n) is 14.9. The van der Waals surface area contributed by atoms with Crippen molar-refractivity contribution in [3.8, 4) is 5.75 Å². The third kappa shape index (κ3) is 4.39. The van der Waals surface area contributed by atoms with Crippen LogP contribution in [0.4, 0.5) is 0 Å². The van der Waals surface area contributed by atoms with Gasteiger partial charge in [0, 0.05) is 37.1 Å². The van der Waals surface area contributed by atoms with E-state index < -0.39 is 0 Å². The molecule has 0 saturated carbocycles. The number of benzene rings is 1. The molecule has 26 heavy (non-hydrogen) atoms. The Hall–Kier alpha value is -2.89. The fraction of sp³-hybridized carbons (Fsp3) is 0.350. The zero-order chi connectivity index (χ0) is 18.4. The van der Waals surface area contributed by atoms with E-state index in [2.05, 4.69) is 10.3 Å². The first-order valence-corrected chi connectivity index (χ1v) is 8.78. The van der Waals surface area contributed by atoms with Gasteiger partial charge in [-0.3, -0.25) is 14.6 Å². The van der Waals surface area contributed by atoms with Gasteiger partial charge >= 0.3 is 0 Å². The van der Waals surface area contributed by atoms with E-state index in [9.17, 15) is 9.59 Å². The van der Waals surface area contributed by atoms with Crippen molar-refractivity contribution in [1.29, 1.82) is 0 Å². The Balaban J connectivity index is 1.49. The number of pyridine rings is 1. The number of methoxy groups -OCH3 is 1. The molecule has 0 radical (unpaired) electrons. The number of nitrogens with zero attached hydrogens (tertiary/aromatic N) is 2. The maximum Gasteiger partial charge on any atom is 0.255 e. The topological polar surface area (TPSA) is 71.5 Å². The fourth-order valence-corrected chi connectivity index (χ4v) is 3.20. The molecule has 0 aliphatic carbocycles. The largest absolute Gasteiger partial charge is 0.496 e. The van der Waals surface area contributed by atoms with Gasteiger partial charge in [-0.15, -0.1) is 0 Å². The number of para-hydroxylation sites is 1. The highest BCUT2D eigenvalue weighted by atomic mass is 16.5. The predicted octanol–water partition coefficient (Wildman–Crippen LogP) is 2.05. The Bertz CT molecular complexity index is 756. The highest BCUT2D eigenvalue weighted by molar-refractivity contribution is 5.93. The smallest absolute Gasteiger partial charge is 0.255 e. The number of aromatic nitrogens is 1. The zero-order valence-corrected chi connectivity index (χ0v) is 14.9. The fourth-order valence-electron chi connectivity index (χ4n) is 3.20. The standard InChI is InChI=1S/C20H23N3O3/c1-26-18-7-3-2-5-15(18)13-19(24)22-17-8-11-23(12-9-17)20(25)16-6-4-10-21-14-16/h2-7,10,14,17H,8-9,11-13H2,1H3,(H,22,24). The number of piperidine rings is 1. The summed E-state index contributed by atoms with van der Waals surface area (Å²) in [5, 5.41) is 3.07. The quantitative estimate of drug-likeness (QED) is 0.893. The minimum atomic E-state index is -0.0217. The molecule has 1 aromatic carbocycles. The third-order valence-corrected chi connectivity index (χ3v) is 4.60. The van der Waals surface area contributed by atoms with Crippen molar-refractivity contribution in [2.24, 2.45) is 0 Å². The van der Waals surface area contributed by atoms with Crippen molar-refractivity contribution in [2.45, 2.75) is 25.3 Å². The van der Waals surface area contributed by atoms with Crippen LogP contribution in [0.25, 0.3) is 0 Å². The maximum atomic E-state index is 12.4. The average molecular weight is 353 g/mol. The lowest BCUT2D eigenvalue weighted by Crippen LogP contribution is -2.46. The van der Waals surface area contributed by atoms with Gasteiger partial charge in [-0.25, -0.2) is 0 Å². The molecule has 0 unspecified atom stereocenters. The van der Waals surface area contributed by atoms with Gasteiger partial charge in [0.2, 0.25) is 5.91 Å². The first kappa shape index (κ1) is 17.9. The van der Waals surface area contributed by atoms with Gasteiger partial charge in [-0.2, -0.15) is 0 Å². The lowest BCUT2D eigenvalue weighted by molar-refractivity contribution is -0.121. The molecule has 1 aromatic heterocycles. The summed E-state index contributed by atoms with van der Waals surface area (Å²) in [4.78, 5) is 30.6. The van der Waals surface area contributed by atoms with Crippen LogP contribution in [0.2, 0.25) is 0 Å². The van der Waals surface area contributed by atoms with Gasteiger partial charge in [-0.1, -0.05) is 18.2 Å². The third-order valence-electron chi connectivity index (χ3n) is 4.60. The van der Waals surface area contributed by atoms with E-state index in [4.69, 9.17) is 4.74 Å². The van der Waals surface area contributed by atoms with Crippen molar-refractivity contribution >= 4 is 11.8 Å². The highest BCUT2D eigenvalue weighted by Crippen LogP contribution is 2.18. The molecular formula is C20H23N3O3. The molecule has 0 spiro atoms. The number of amides is 2. The molecule has 1 saturated heterocycles. The molecule has 6 nitrogen and oxygen atoms in total. The van der Waals surface area contributed by atoms with Crippen LogP contribution < -0.4 is 10.1 Å². The monoisotopic (exact) mass is 353 g/mol. The molecule has 2 heterocycles. The van der Waals surface area contributed by atoms with E-state index in [1.807, 2.05) is 29.2 Å². The number of hydrogen-bond donors (Lipinski definition) is 1. The number of ether oxygens (including phenoxy) is 1. The van der Waals surface area contributed by atoms with E-state index in [-0.39, 0.29) is 17.9 Å². The van der Waals surface area contributed by atoms with Gasteiger partial charge in [0.15, 0.2) is 0 Å². The van der Waals surface area contributed by atoms with Crippen LogP contribution in [-0.2, 0) is 11.2 Å². The van der Waals surface area contributed by atoms with E-state index in [1.165, 1.54) is 0 Å². The summed E-state index contributed by atoms with van der Waals surface area (Å²) in [5.74, 6) is 0.697. The Morgan fingerprint density at radius 2 is 1.96 bits per heavy atom. The molecule has 1 N–H and O–H groups in total. The lowest BCUT2D eigenvalue weighted by atomic mass is 10.0. The number of hydrogen-bond acceptors (Lipinski definition) is 4. The van der Waals surface area contributed by atoms with Gasteiger partial charge < -0.3 is 15.0 Å². The van der Waals surface area contributed by atoms with Crippen molar-refractivity contribution in [2.75, 3.05) is 20.2 Å². The molecule has 1 aliphatic heterocycles. The average Bonchev–Trinajstić information content (AvgIpc) is 2.69. The lowest BCUT2D eigenvalue weighted by Gasteiger charge is -2.32. The van der Waals surface area contributed by atoms with Crippen molar-refractivity contribution in [1.82, 2.24) is 15.2 Å². The van der Waals surface area contributed by atoms with Crippen LogP contribution in [0.1, 0.15) is 28.8 Å². The van der Waals surface area contributed by atoms with E-state index in [0.717, 1.165) is 24.2 Å². The highest BCUT2D eigenvalue weighted by Gasteiger charge is 2.24. The Morgan fingerprint density at radius 1 is 1.19 bits per heavy atom. The molecule has 6 heteroatoms. The summed E-state index contributed by atoms with van der Waals surface area (Å²) in [6.07, 6.45) is 5.04. The van der Waals surface area contributed by atoms with Crippen LogP contribution in [0, 0.1) is 0 Å². The number of nitrogens with one attached hydrogen (secondary N) is 1. The van der Waals surface area contributed by atoms with Crippen molar-refractivity contribution in [3.63, 3.8) is 0 Å². The molecule has 3 rings (SSSR count). The second kappa shape index (κ2) is 8.47. The Morgan fingerprint density at radius 3 is 2.65 bits per heavy atom. The first-order chi connectivity index (χ1) is 12.7. The molecule has 2 aromatic rings. The van der Waals surface area contributed by atoms with Crippen LogP contribution in [0.15, 0.2) is 48.8 Å². The minimum Gasteiger partial charge on any atom is -0.496 e. The van der Waals surface area contributed by atoms with Gasteiger partial charge in [0.1, 0.15) is 5.75 Å². The van der Waals surface area contributed by atoms with E-state index in [1.54, 1.807) is 31.6 Å². The summed E-state index contributed by atoms with van der Waals surface area (Å²) in [5.41, 5.74) is 1.47. The molecule has 136 valence electrons. The molecule has 1 fully saturated rings. The number of rotatable bonds is 5. The van der Waals surface area contributed by atoms with Crippen molar-refractivity contribution < 1.29 is 14.3 Å². The molecular weight excluding hydrogens is 330 g/mol. The van der Waals surface area contributed by atoms with Gasteiger partial charge in [-0.05, 0) is 31.0 Å². The second-order valence-electron chi connectivity index (χ2n) is 6.36. The maximum absolute atomic E-state index is 12.4. The number of likely N-dealkylation sites (tertiary alicyclic amines) is 1. The first-order valence-electron chi connectivity index (χ1n) is 8.78. The normalized spacial score (nSPS) is 14.7. The summed E-state index contributed by atoms with van der Waals surface area (Å²) >= 11 is 0. The minimum absolute atomic E-state index is 0.00287. The van der Waals surface area contributed by atoms with Crippen LogP contribution >= 0.6 is 0 Å². The van der Waals surface area contributed by atoms with Crippen LogP contribution in [0.5, 0.6) is 5.75 Å². The van der Waals surface area contributed by atoms with Crippen molar-refractivity contribution in [3.05, 3.63) is 59.9 Å². The van der Waals surface area contributed by atoms with E-state index >= 15 is 0 Å². The Kier molecular flexibility index (Phi) is 5.84. The summed E-state index contributed by atoms with van der Waals surface area (Å²) in [6, 6.07) is 11.2. The second-order valence-corrected chi connectivity index (χ2v) is 6.36. The number of carbonyl (C=O) groups is 2. The number of carbonyl (C=O) groups excluding carboxylic acids is 2. The van der Waals surface area contributed by atoms with Gasteiger partial charge in [0.05, 0.1) is 19.1 Å². The SMILES string of the molecule is COc1ccccc1CC(=O)NC1CCN(C(=O)c2cccnc2)CC1. The van der Waals surface area contributed by atoms with Gasteiger partial charge in [0.25, 0.3) is 5.91 Å². The molecule has 1 aliphatic rings. The molecule has 0 bridgehead atoms. The molecule has 0 atom stereocenters. The predicted molar refractivity (Wildman–Crippen MR) is 98.0 cm³/mol. The van der Waals surface area contributed by atoms with E-state index in [0.29, 0.717) is 25.1 Å². The Labute approximate surface area is 153 Å². The summed E-state index contributed by atoms with van der Waals surface area (Å²) < 4.78 is 5.29. The van der Waals surface area contributed by atoms with Crippen LogP contribution in [-0.4, -0.2) is 47.9 Å². The summed E-state index contributed by atoms with van der Waals surface area (Å²) in [7, 11) is 1.60. The molecule has 2 amide bonds. The summed E-state index contributed by atoms with van der Waals surface area (Å²) in [6.45, 7) is 1.26. The van der Waals surface area contributed by atoms with Crippen LogP contribution in [0.3, 0.4) is 0 Å².